The maximum absolute atomic E-state index is 5.97. The predicted octanol–water partition coefficient (Wildman–Crippen LogP) is 2.99. The Hall–Kier alpha value is 0.230. The smallest absolute Gasteiger partial charge is 0.168 e. The van der Waals surface area contributed by atoms with Gasteiger partial charge in [-0.05, 0) is 49.7 Å². The fourth-order valence-corrected chi connectivity index (χ4v) is 5.30. The lowest BCUT2D eigenvalue weighted by atomic mass is 9.73. The molecule has 0 N–H and O–H groups in total. The number of ether oxygens (including phenoxy) is 2. The molecular formula is C16H29NO2S. The zero-order chi connectivity index (χ0) is 14.0. The molecule has 3 atom stereocenters. The first-order valence-electron chi connectivity index (χ1n) is 8.27. The third-order valence-corrected chi connectivity index (χ3v) is 6.07. The molecule has 4 heteroatoms. The molecule has 0 aromatic rings. The average Bonchev–Trinajstić information content (AvgIpc) is 2.87. The highest BCUT2D eigenvalue weighted by Gasteiger charge is 2.48. The molecule has 0 unspecified atom stereocenters. The van der Waals surface area contributed by atoms with E-state index < -0.39 is 0 Å². The van der Waals surface area contributed by atoms with Crippen molar-refractivity contribution in [3.8, 4) is 0 Å². The topological polar surface area (TPSA) is 21.7 Å². The van der Waals surface area contributed by atoms with Crippen LogP contribution in [0.1, 0.15) is 39.0 Å². The van der Waals surface area contributed by atoms with Crippen molar-refractivity contribution in [3.05, 3.63) is 0 Å². The Kier molecular flexibility index (Phi) is 4.96. The number of piperidine rings is 1. The second-order valence-electron chi connectivity index (χ2n) is 6.73. The molecule has 20 heavy (non-hydrogen) atoms. The third kappa shape index (κ3) is 3.03. The molecule has 0 bridgehead atoms. The van der Waals surface area contributed by atoms with Gasteiger partial charge in [-0.25, -0.2) is 0 Å². The van der Waals surface area contributed by atoms with Crippen LogP contribution in [0.15, 0.2) is 0 Å². The Morgan fingerprint density at radius 1 is 1.30 bits per heavy atom. The molecule has 2 saturated heterocycles. The van der Waals surface area contributed by atoms with Gasteiger partial charge < -0.3 is 9.47 Å². The summed E-state index contributed by atoms with van der Waals surface area (Å²) in [7, 11) is 0. The number of likely N-dealkylation sites (tertiary alicyclic amines) is 1. The van der Waals surface area contributed by atoms with E-state index in [-0.39, 0.29) is 5.79 Å². The third-order valence-electron chi connectivity index (χ3n) is 5.26. The standard InChI is InChI=1S/C16H29NO2S/c1-3-6-17-11-13(12-20-2)9-14-10-16(5-4-15(14)17)18-7-8-19-16/h13-15H,3-12H2,1-2H3/t13-,14+,15+/m1/s1. The van der Waals surface area contributed by atoms with Crippen molar-refractivity contribution in [1.29, 1.82) is 0 Å². The summed E-state index contributed by atoms with van der Waals surface area (Å²) in [4.78, 5) is 2.77. The molecule has 1 aliphatic carbocycles. The van der Waals surface area contributed by atoms with Gasteiger partial charge >= 0.3 is 0 Å². The first-order chi connectivity index (χ1) is 9.76. The summed E-state index contributed by atoms with van der Waals surface area (Å²) >= 11 is 2.00. The van der Waals surface area contributed by atoms with Crippen LogP contribution in [-0.2, 0) is 9.47 Å². The van der Waals surface area contributed by atoms with Crippen LogP contribution < -0.4 is 0 Å². The summed E-state index contributed by atoms with van der Waals surface area (Å²) in [6, 6.07) is 0.784. The molecule has 1 saturated carbocycles. The van der Waals surface area contributed by atoms with Gasteiger partial charge in [-0.2, -0.15) is 11.8 Å². The van der Waals surface area contributed by atoms with Crippen molar-refractivity contribution < 1.29 is 9.47 Å². The van der Waals surface area contributed by atoms with E-state index in [2.05, 4.69) is 18.1 Å². The van der Waals surface area contributed by atoms with Gasteiger partial charge in [-0.1, -0.05) is 6.92 Å². The highest BCUT2D eigenvalue weighted by atomic mass is 32.2. The largest absolute Gasteiger partial charge is 0.348 e. The van der Waals surface area contributed by atoms with E-state index in [1.54, 1.807) is 0 Å². The second-order valence-corrected chi connectivity index (χ2v) is 7.64. The molecule has 3 nitrogen and oxygen atoms in total. The Bertz CT molecular complexity index is 320. The summed E-state index contributed by atoms with van der Waals surface area (Å²) in [5, 5.41) is 0. The Balaban J connectivity index is 1.69. The fourth-order valence-electron chi connectivity index (χ4n) is 4.59. The molecule has 2 heterocycles. The number of thioether (sulfide) groups is 1. The minimum absolute atomic E-state index is 0.208. The van der Waals surface area contributed by atoms with Crippen LogP contribution in [0.25, 0.3) is 0 Å². The molecule has 116 valence electrons. The lowest BCUT2D eigenvalue weighted by molar-refractivity contribution is -0.202. The lowest BCUT2D eigenvalue weighted by Gasteiger charge is -2.50. The van der Waals surface area contributed by atoms with E-state index in [1.807, 2.05) is 11.8 Å². The molecule has 0 aromatic heterocycles. The summed E-state index contributed by atoms with van der Waals surface area (Å²) in [6.45, 7) is 6.47. The summed E-state index contributed by atoms with van der Waals surface area (Å²) in [6.07, 6.45) is 8.37. The molecular weight excluding hydrogens is 270 g/mol. The van der Waals surface area contributed by atoms with Crippen LogP contribution in [0.3, 0.4) is 0 Å². The quantitative estimate of drug-likeness (QED) is 0.795. The van der Waals surface area contributed by atoms with Gasteiger partial charge in [0, 0.05) is 25.4 Å². The van der Waals surface area contributed by atoms with E-state index in [9.17, 15) is 0 Å². The van der Waals surface area contributed by atoms with Gasteiger partial charge in [0.2, 0.25) is 0 Å². The molecule has 0 aromatic carbocycles. The van der Waals surface area contributed by atoms with Crippen molar-refractivity contribution in [3.63, 3.8) is 0 Å². The number of hydrogen-bond acceptors (Lipinski definition) is 4. The van der Waals surface area contributed by atoms with Crippen LogP contribution in [0.4, 0.5) is 0 Å². The molecule has 3 fully saturated rings. The Morgan fingerprint density at radius 3 is 2.80 bits per heavy atom. The molecule has 3 aliphatic rings. The Morgan fingerprint density at radius 2 is 2.10 bits per heavy atom. The van der Waals surface area contributed by atoms with Gasteiger partial charge in [-0.15, -0.1) is 0 Å². The Labute approximate surface area is 127 Å². The number of fused-ring (bicyclic) bond motifs is 1. The maximum Gasteiger partial charge on any atom is 0.168 e. The summed E-state index contributed by atoms with van der Waals surface area (Å²) < 4.78 is 11.9. The summed E-state index contributed by atoms with van der Waals surface area (Å²) in [5.41, 5.74) is 0. The monoisotopic (exact) mass is 299 g/mol. The average molecular weight is 299 g/mol. The maximum atomic E-state index is 5.97. The zero-order valence-corrected chi connectivity index (χ0v) is 13.8. The molecule has 0 radical (unpaired) electrons. The number of rotatable bonds is 4. The first-order valence-corrected chi connectivity index (χ1v) is 9.66. The predicted molar refractivity (Wildman–Crippen MR) is 84.1 cm³/mol. The zero-order valence-electron chi connectivity index (χ0n) is 13.0. The van der Waals surface area contributed by atoms with E-state index >= 15 is 0 Å². The van der Waals surface area contributed by atoms with E-state index in [1.165, 1.54) is 38.1 Å². The van der Waals surface area contributed by atoms with E-state index in [0.717, 1.165) is 43.9 Å². The van der Waals surface area contributed by atoms with Crippen molar-refractivity contribution in [1.82, 2.24) is 4.90 Å². The van der Waals surface area contributed by atoms with Gasteiger partial charge in [0.1, 0.15) is 0 Å². The van der Waals surface area contributed by atoms with E-state index in [4.69, 9.17) is 9.47 Å². The van der Waals surface area contributed by atoms with Crippen molar-refractivity contribution >= 4 is 11.8 Å². The van der Waals surface area contributed by atoms with Crippen LogP contribution in [0, 0.1) is 11.8 Å². The van der Waals surface area contributed by atoms with Crippen molar-refractivity contribution in [2.75, 3.05) is 38.3 Å². The molecule has 1 spiro atoms. The van der Waals surface area contributed by atoms with Gasteiger partial charge in [0.25, 0.3) is 0 Å². The first kappa shape index (κ1) is 15.1. The molecule has 0 amide bonds. The van der Waals surface area contributed by atoms with Gasteiger partial charge in [0.15, 0.2) is 5.79 Å². The van der Waals surface area contributed by atoms with Crippen LogP contribution in [-0.4, -0.2) is 55.0 Å². The van der Waals surface area contributed by atoms with Crippen molar-refractivity contribution in [2.45, 2.75) is 50.9 Å². The lowest BCUT2D eigenvalue weighted by Crippen LogP contribution is -2.55. The highest BCUT2D eigenvalue weighted by molar-refractivity contribution is 7.98. The van der Waals surface area contributed by atoms with Gasteiger partial charge in [0.05, 0.1) is 13.2 Å². The summed E-state index contributed by atoms with van der Waals surface area (Å²) in [5.74, 6) is 2.73. The fraction of sp³-hybridized carbons (Fsp3) is 1.00. The second kappa shape index (κ2) is 6.55. The SMILES string of the molecule is CCCN1C[C@H](CSC)C[C@H]2CC3(CC[C@@H]21)OCCO3. The van der Waals surface area contributed by atoms with Crippen LogP contribution in [0.5, 0.6) is 0 Å². The van der Waals surface area contributed by atoms with E-state index in [0.29, 0.717) is 0 Å². The van der Waals surface area contributed by atoms with Crippen LogP contribution in [0.2, 0.25) is 0 Å². The van der Waals surface area contributed by atoms with Crippen LogP contribution >= 0.6 is 11.8 Å². The number of nitrogens with zero attached hydrogens (tertiary/aromatic N) is 1. The minimum Gasteiger partial charge on any atom is -0.348 e. The number of hydrogen-bond donors (Lipinski definition) is 0. The van der Waals surface area contributed by atoms with Gasteiger partial charge in [-0.3, -0.25) is 4.90 Å². The molecule has 3 rings (SSSR count). The molecule has 2 aliphatic heterocycles. The minimum atomic E-state index is -0.208. The normalized spacial score (nSPS) is 37.2. The highest BCUT2D eigenvalue weighted by Crippen LogP contribution is 2.45. The van der Waals surface area contributed by atoms with Crippen molar-refractivity contribution in [2.24, 2.45) is 11.8 Å².